The van der Waals surface area contributed by atoms with Crippen LogP contribution in [-0.2, 0) is 32.6 Å². The third kappa shape index (κ3) is 5.55. The molecule has 2 aromatic rings. The second-order valence-electron chi connectivity index (χ2n) is 6.47. The van der Waals surface area contributed by atoms with E-state index in [-0.39, 0.29) is 41.0 Å². The van der Waals surface area contributed by atoms with E-state index < -0.39 is 0 Å². The molecule has 0 aliphatic heterocycles. The molecule has 0 N–H and O–H groups in total. The van der Waals surface area contributed by atoms with Gasteiger partial charge in [0, 0.05) is 0 Å². The summed E-state index contributed by atoms with van der Waals surface area (Å²) in [6.45, 7) is 13.1. The Morgan fingerprint density at radius 1 is 1.04 bits per heavy atom. The summed E-state index contributed by atoms with van der Waals surface area (Å²) in [5, 5.41) is 2.73. The number of allylic oxidation sites excluding steroid dienone is 4. The van der Waals surface area contributed by atoms with Gasteiger partial charge in [-0.15, -0.1) is 47.5 Å². The average Bonchev–Trinajstić information content (AvgIpc) is 2.95. The second kappa shape index (κ2) is 10.1. The summed E-state index contributed by atoms with van der Waals surface area (Å²) in [6.07, 6.45) is 4.57. The largest absolute Gasteiger partial charge is 4.00 e. The molecule has 0 bridgehead atoms. The minimum atomic E-state index is 0. The molecule has 0 aromatic heterocycles. The van der Waals surface area contributed by atoms with E-state index in [1.165, 1.54) is 33.1 Å². The number of halogens is 2. The van der Waals surface area contributed by atoms with E-state index in [1.807, 2.05) is 0 Å². The smallest absolute Gasteiger partial charge is 1.00 e. The molecule has 2 aromatic carbocycles. The van der Waals surface area contributed by atoms with Crippen LogP contribution in [0.5, 0.6) is 0 Å². The van der Waals surface area contributed by atoms with Gasteiger partial charge >= 0.3 is 26.2 Å². The van der Waals surface area contributed by atoms with E-state index in [0.717, 1.165) is 6.42 Å². The first kappa shape index (κ1) is 25.3. The summed E-state index contributed by atoms with van der Waals surface area (Å²) >= 11 is 0. The zero-order valence-corrected chi connectivity index (χ0v) is 17.9. The normalized spacial score (nSPS) is 14.7. The first-order valence-electron chi connectivity index (χ1n) is 7.79. The molecule has 1 aliphatic carbocycles. The fraction of sp³-hybridized carbons (Fsp3) is 0.381. The van der Waals surface area contributed by atoms with Gasteiger partial charge in [0.25, 0.3) is 0 Å². The predicted molar refractivity (Wildman–Crippen MR) is 93.5 cm³/mol. The molecule has 0 heterocycles. The van der Waals surface area contributed by atoms with Crippen LogP contribution in [0.15, 0.2) is 53.1 Å². The van der Waals surface area contributed by atoms with E-state index in [1.54, 1.807) is 0 Å². The molecule has 1 aliphatic rings. The molecule has 0 fully saturated rings. The van der Waals surface area contributed by atoms with E-state index >= 15 is 0 Å². The summed E-state index contributed by atoms with van der Waals surface area (Å²) in [5.41, 5.74) is 5.83. The summed E-state index contributed by atoms with van der Waals surface area (Å²) in [5.74, 6) is 0. The van der Waals surface area contributed by atoms with Crippen LogP contribution in [0.1, 0.15) is 47.1 Å². The Labute approximate surface area is 164 Å². The van der Waals surface area contributed by atoms with Crippen molar-refractivity contribution in [2.75, 3.05) is 0 Å². The van der Waals surface area contributed by atoms with Gasteiger partial charge in [0.05, 0.1) is 0 Å². The van der Waals surface area contributed by atoms with Crippen molar-refractivity contribution in [1.29, 1.82) is 0 Å². The minimum absolute atomic E-state index is 0. The summed E-state index contributed by atoms with van der Waals surface area (Å²) in [4.78, 5) is 0. The molecular weight excluding hydrogens is 381 g/mol. The van der Waals surface area contributed by atoms with Gasteiger partial charge < -0.3 is 9.41 Å². The van der Waals surface area contributed by atoms with Crippen molar-refractivity contribution in [3.63, 3.8) is 0 Å². The fourth-order valence-corrected chi connectivity index (χ4v) is 2.83. The average molecular weight is 408 g/mol. The van der Waals surface area contributed by atoms with Crippen molar-refractivity contribution in [3.8, 4) is 0 Å². The molecule has 24 heavy (non-hydrogen) atoms. The van der Waals surface area contributed by atoms with Crippen molar-refractivity contribution in [1.82, 2.24) is 0 Å². The van der Waals surface area contributed by atoms with E-state index in [9.17, 15) is 0 Å². The molecule has 0 saturated heterocycles. The van der Waals surface area contributed by atoms with Gasteiger partial charge in [0.2, 0.25) is 0 Å². The molecule has 3 heteroatoms. The molecular formula is C21H26F2Zr. The number of fused-ring (bicyclic) bond motifs is 1. The predicted octanol–water partition coefficient (Wildman–Crippen LogP) is 0.239. The van der Waals surface area contributed by atoms with Gasteiger partial charge in [0.1, 0.15) is 0 Å². The van der Waals surface area contributed by atoms with Crippen LogP contribution < -0.4 is 9.41 Å². The van der Waals surface area contributed by atoms with Crippen molar-refractivity contribution >= 4 is 10.8 Å². The molecule has 0 spiro atoms. The molecule has 0 radical (unpaired) electrons. The Morgan fingerprint density at radius 3 is 2.00 bits per heavy atom. The first-order chi connectivity index (χ1) is 9.85. The monoisotopic (exact) mass is 406 g/mol. The van der Waals surface area contributed by atoms with Gasteiger partial charge in [-0.1, -0.05) is 46.1 Å². The van der Waals surface area contributed by atoms with Crippen molar-refractivity contribution in [2.45, 2.75) is 48.0 Å². The third-order valence-electron chi connectivity index (χ3n) is 4.65. The molecule has 128 valence electrons. The molecule has 0 amide bonds. The Kier molecular flexibility index (Phi) is 10.7. The van der Waals surface area contributed by atoms with Crippen LogP contribution in [0.2, 0.25) is 0 Å². The molecule has 0 unspecified atom stereocenters. The van der Waals surface area contributed by atoms with Crippen molar-refractivity contribution in [2.24, 2.45) is 5.41 Å². The van der Waals surface area contributed by atoms with Crippen LogP contribution in [0.25, 0.3) is 10.8 Å². The maximum absolute atomic E-state index is 3.44. The second-order valence-corrected chi connectivity index (χ2v) is 6.47. The van der Waals surface area contributed by atoms with Crippen LogP contribution in [-0.4, -0.2) is 0 Å². The van der Waals surface area contributed by atoms with Gasteiger partial charge in [-0.05, 0) is 6.42 Å². The van der Waals surface area contributed by atoms with Crippen LogP contribution in [0.3, 0.4) is 0 Å². The summed E-state index contributed by atoms with van der Waals surface area (Å²) < 4.78 is 0. The standard InChI is InChI=1S/C11H11.C10H15.2FH.Zr/c1-2-9-7-10-5-3-4-6-11(10)8-9;1-7-6-10(4,5)9(3)8(7)2;;;/h3-8H,2H2,1H3;1-5H3;2*1H;/q2*-1;;;+4/p-2. The van der Waals surface area contributed by atoms with Gasteiger partial charge in [-0.2, -0.15) is 17.2 Å². The number of aryl methyl sites for hydroxylation is 1. The Bertz CT molecular complexity index is 672. The Hall–Kier alpha value is -0.947. The first-order valence-corrected chi connectivity index (χ1v) is 7.79. The van der Waals surface area contributed by atoms with Crippen molar-refractivity contribution in [3.05, 3.63) is 64.8 Å². The quantitative estimate of drug-likeness (QED) is 0.594. The Balaban J connectivity index is 0. The van der Waals surface area contributed by atoms with Gasteiger partial charge in [0.15, 0.2) is 0 Å². The number of benzene rings is 1. The zero-order chi connectivity index (χ0) is 15.6. The van der Waals surface area contributed by atoms with Crippen LogP contribution >= 0.6 is 0 Å². The maximum atomic E-state index is 3.44. The summed E-state index contributed by atoms with van der Waals surface area (Å²) in [6, 6.07) is 13.0. The van der Waals surface area contributed by atoms with E-state index in [2.05, 4.69) is 84.0 Å². The maximum Gasteiger partial charge on any atom is 4.00 e. The van der Waals surface area contributed by atoms with E-state index in [0.29, 0.717) is 0 Å². The van der Waals surface area contributed by atoms with Crippen LogP contribution in [0.4, 0.5) is 0 Å². The van der Waals surface area contributed by atoms with E-state index in [4.69, 9.17) is 0 Å². The van der Waals surface area contributed by atoms with Crippen molar-refractivity contribution < 1.29 is 35.6 Å². The Morgan fingerprint density at radius 2 is 1.62 bits per heavy atom. The third-order valence-corrected chi connectivity index (χ3v) is 4.65. The minimum Gasteiger partial charge on any atom is -1.00 e. The number of rotatable bonds is 1. The summed E-state index contributed by atoms with van der Waals surface area (Å²) in [7, 11) is 0. The fourth-order valence-electron chi connectivity index (χ4n) is 2.83. The molecule has 0 atom stereocenters. The zero-order valence-electron chi connectivity index (χ0n) is 15.4. The van der Waals surface area contributed by atoms with Crippen LogP contribution in [0, 0.1) is 11.5 Å². The van der Waals surface area contributed by atoms with Gasteiger partial charge in [-0.3, -0.25) is 6.08 Å². The molecule has 0 nitrogen and oxygen atoms in total. The molecule has 3 rings (SSSR count). The SMILES string of the molecule is CC1=[C-]C(C)(C)C(C)=C1C.CCc1cc2ccccc2[cH-]1.[F-].[F-].[Zr+4]. The van der Waals surface area contributed by atoms with Gasteiger partial charge in [-0.25, -0.2) is 5.57 Å². The number of hydrogen-bond acceptors (Lipinski definition) is 0. The molecule has 0 saturated carbocycles. The topological polar surface area (TPSA) is 0 Å². The number of hydrogen-bond donors (Lipinski definition) is 0.